The Hall–Kier alpha value is -1.62. The fraction of sp³-hybridized carbons (Fsp3) is 0.600. The molecule has 0 amide bonds. The largest absolute Gasteiger partial charge is 0.494 e. The van der Waals surface area contributed by atoms with Gasteiger partial charge in [-0.15, -0.1) is 0 Å². The van der Waals surface area contributed by atoms with Gasteiger partial charge in [0.1, 0.15) is 0 Å². The minimum absolute atomic E-state index is 0.0323. The number of hydrogen-bond acceptors (Lipinski definition) is 3. The zero-order valence-corrected chi connectivity index (χ0v) is 22.9. The first-order chi connectivity index (χ1) is 15.9. The van der Waals surface area contributed by atoms with Gasteiger partial charge in [0.25, 0.3) is 0 Å². The van der Waals surface area contributed by atoms with Gasteiger partial charge in [-0.05, 0) is 86.5 Å². The Morgan fingerprint density at radius 1 is 0.882 bits per heavy atom. The van der Waals surface area contributed by atoms with Crippen molar-refractivity contribution in [2.75, 3.05) is 0 Å². The molecule has 1 aliphatic heterocycles. The van der Waals surface area contributed by atoms with E-state index >= 15 is 0 Å². The van der Waals surface area contributed by atoms with Gasteiger partial charge in [0, 0.05) is 5.41 Å². The molecule has 1 heterocycles. The van der Waals surface area contributed by atoms with Gasteiger partial charge in [0.2, 0.25) is 0 Å². The van der Waals surface area contributed by atoms with Crippen molar-refractivity contribution in [2.24, 2.45) is 5.41 Å². The van der Waals surface area contributed by atoms with Crippen molar-refractivity contribution in [1.29, 1.82) is 0 Å². The quantitative estimate of drug-likeness (QED) is 0.468. The number of aliphatic hydroxyl groups excluding tert-OH is 1. The molecule has 0 spiro atoms. The predicted molar refractivity (Wildman–Crippen MR) is 144 cm³/mol. The molecule has 3 atom stereocenters. The zero-order chi connectivity index (χ0) is 25.3. The van der Waals surface area contributed by atoms with Crippen LogP contribution in [-0.2, 0) is 21.1 Å². The molecular formula is C30H45BO3. The molecule has 0 aliphatic carbocycles. The normalized spacial score (nSPS) is 20.1. The Kier molecular flexibility index (Phi) is 8.38. The number of rotatable bonds is 8. The minimum Gasteiger partial charge on any atom is -0.402 e. The average Bonchev–Trinajstić information content (AvgIpc) is 3.11. The van der Waals surface area contributed by atoms with Gasteiger partial charge in [-0.1, -0.05) is 76.6 Å². The zero-order valence-electron chi connectivity index (χ0n) is 22.9. The van der Waals surface area contributed by atoms with Crippen molar-refractivity contribution in [3.05, 3.63) is 64.2 Å². The van der Waals surface area contributed by atoms with E-state index in [4.69, 9.17) is 9.31 Å². The molecule has 3 unspecified atom stereocenters. The Balaban J connectivity index is 1.89. The number of aryl methyl sites for hydroxylation is 3. The molecule has 2 aromatic rings. The lowest BCUT2D eigenvalue weighted by molar-refractivity contribution is 0.0560. The van der Waals surface area contributed by atoms with Crippen molar-refractivity contribution in [2.45, 2.75) is 112 Å². The molecule has 1 aliphatic rings. The molecule has 1 N–H and O–H groups in total. The van der Waals surface area contributed by atoms with E-state index in [-0.39, 0.29) is 36.3 Å². The van der Waals surface area contributed by atoms with Gasteiger partial charge < -0.3 is 14.4 Å². The first-order valence-electron chi connectivity index (χ1n) is 13.1. The maximum absolute atomic E-state index is 10.5. The van der Waals surface area contributed by atoms with E-state index in [0.717, 1.165) is 31.1 Å². The van der Waals surface area contributed by atoms with Crippen LogP contribution in [0.2, 0.25) is 0 Å². The Morgan fingerprint density at radius 3 is 1.88 bits per heavy atom. The van der Waals surface area contributed by atoms with Crippen molar-refractivity contribution in [1.82, 2.24) is 0 Å². The lowest BCUT2D eigenvalue weighted by Gasteiger charge is -2.34. The molecular weight excluding hydrogens is 419 g/mol. The molecule has 4 heteroatoms. The second-order valence-corrected chi connectivity index (χ2v) is 11.4. The van der Waals surface area contributed by atoms with Gasteiger partial charge in [-0.2, -0.15) is 0 Å². The maximum Gasteiger partial charge on any atom is 0.494 e. The van der Waals surface area contributed by atoms with Gasteiger partial charge in [-0.25, -0.2) is 0 Å². The van der Waals surface area contributed by atoms with E-state index in [2.05, 4.69) is 98.7 Å². The summed E-state index contributed by atoms with van der Waals surface area (Å²) < 4.78 is 12.1. The first-order valence-corrected chi connectivity index (χ1v) is 13.1. The molecule has 1 saturated heterocycles. The SMILES string of the molecule is CCC(CC)(c1ccc(CCC(O)C(C)(C)C)c(C)c1)c1ccc(B2OC(C)C(C)O2)c(C)c1. The predicted octanol–water partition coefficient (Wildman–Crippen LogP) is 6.27. The lowest BCUT2D eigenvalue weighted by atomic mass is 9.67. The minimum atomic E-state index is -0.294. The van der Waals surface area contributed by atoms with Crippen LogP contribution in [0.3, 0.4) is 0 Å². The van der Waals surface area contributed by atoms with E-state index in [0.29, 0.717) is 0 Å². The standard InChI is InChI=1S/C30H45BO3/c1-10-30(11-2,25-14-12-24(20(3)18-25)13-17-28(32)29(7,8)9)26-15-16-27(21(4)19-26)31-33-22(5)23(6)34-31/h12,14-16,18-19,22-23,28,32H,10-11,13,17H2,1-9H3. The highest BCUT2D eigenvalue weighted by molar-refractivity contribution is 6.62. The monoisotopic (exact) mass is 464 g/mol. The van der Waals surface area contributed by atoms with Gasteiger partial charge in [0.05, 0.1) is 18.3 Å². The fourth-order valence-electron chi connectivity index (χ4n) is 5.26. The van der Waals surface area contributed by atoms with Crippen LogP contribution >= 0.6 is 0 Å². The van der Waals surface area contributed by atoms with Crippen LogP contribution in [0.15, 0.2) is 36.4 Å². The summed E-state index contributed by atoms with van der Waals surface area (Å²) in [6.07, 6.45) is 3.70. The summed E-state index contributed by atoms with van der Waals surface area (Å²) in [6, 6.07) is 13.8. The Morgan fingerprint density at radius 2 is 1.41 bits per heavy atom. The second-order valence-electron chi connectivity index (χ2n) is 11.4. The molecule has 0 saturated carbocycles. The summed E-state index contributed by atoms with van der Waals surface area (Å²) in [6.45, 7) is 19.4. The van der Waals surface area contributed by atoms with Gasteiger partial charge in [-0.3, -0.25) is 0 Å². The van der Waals surface area contributed by atoms with Crippen LogP contribution in [0.5, 0.6) is 0 Å². The van der Waals surface area contributed by atoms with E-state index in [1.54, 1.807) is 0 Å². The van der Waals surface area contributed by atoms with Crippen LogP contribution < -0.4 is 5.46 Å². The lowest BCUT2D eigenvalue weighted by Crippen LogP contribution is -2.35. The number of aliphatic hydroxyl groups is 1. The molecule has 0 aromatic heterocycles. The molecule has 34 heavy (non-hydrogen) atoms. The average molecular weight is 464 g/mol. The number of benzene rings is 2. The molecule has 1 fully saturated rings. The van der Waals surface area contributed by atoms with Gasteiger partial charge >= 0.3 is 7.12 Å². The molecule has 3 nitrogen and oxygen atoms in total. The van der Waals surface area contributed by atoms with E-state index in [1.165, 1.54) is 27.8 Å². The van der Waals surface area contributed by atoms with Crippen LogP contribution in [0.4, 0.5) is 0 Å². The first kappa shape index (κ1) is 27.0. The third-order valence-corrected chi connectivity index (χ3v) is 8.20. The van der Waals surface area contributed by atoms with E-state index in [9.17, 15) is 5.11 Å². The second kappa shape index (κ2) is 10.6. The highest BCUT2D eigenvalue weighted by atomic mass is 16.7. The van der Waals surface area contributed by atoms with Crippen LogP contribution in [-0.4, -0.2) is 30.5 Å². The van der Waals surface area contributed by atoms with Crippen molar-refractivity contribution >= 4 is 12.6 Å². The summed E-state index contributed by atoms with van der Waals surface area (Å²) in [4.78, 5) is 0. The van der Waals surface area contributed by atoms with Crippen LogP contribution in [0, 0.1) is 19.3 Å². The topological polar surface area (TPSA) is 38.7 Å². The molecule has 2 aromatic carbocycles. The van der Waals surface area contributed by atoms with Crippen LogP contribution in [0.1, 0.15) is 95.5 Å². The third kappa shape index (κ3) is 5.45. The van der Waals surface area contributed by atoms with Crippen LogP contribution in [0.25, 0.3) is 0 Å². The van der Waals surface area contributed by atoms with E-state index in [1.807, 2.05) is 0 Å². The maximum atomic E-state index is 10.5. The summed E-state index contributed by atoms with van der Waals surface area (Å²) in [5.74, 6) is 0. The van der Waals surface area contributed by atoms with E-state index < -0.39 is 0 Å². The third-order valence-electron chi connectivity index (χ3n) is 8.20. The molecule has 0 radical (unpaired) electrons. The smallest absolute Gasteiger partial charge is 0.402 e. The summed E-state index contributed by atoms with van der Waals surface area (Å²) in [5, 5.41) is 10.5. The molecule has 186 valence electrons. The highest BCUT2D eigenvalue weighted by Crippen LogP contribution is 2.40. The Bertz CT molecular complexity index is 964. The summed E-state index contributed by atoms with van der Waals surface area (Å²) in [5.41, 5.74) is 7.61. The van der Waals surface area contributed by atoms with Crippen molar-refractivity contribution < 1.29 is 14.4 Å². The summed E-state index contributed by atoms with van der Waals surface area (Å²) >= 11 is 0. The summed E-state index contributed by atoms with van der Waals surface area (Å²) in [7, 11) is -0.276. The molecule has 0 bridgehead atoms. The van der Waals surface area contributed by atoms with Crippen molar-refractivity contribution in [3.8, 4) is 0 Å². The highest BCUT2D eigenvalue weighted by Gasteiger charge is 2.38. The van der Waals surface area contributed by atoms with Gasteiger partial charge in [0.15, 0.2) is 0 Å². The van der Waals surface area contributed by atoms with Crippen molar-refractivity contribution in [3.63, 3.8) is 0 Å². The molecule has 3 rings (SSSR count). The number of hydrogen-bond donors (Lipinski definition) is 1. The fourth-order valence-corrected chi connectivity index (χ4v) is 5.26. The Labute approximate surface area is 208 Å².